The van der Waals surface area contributed by atoms with Crippen LogP contribution in [0.25, 0.3) is 11.4 Å². The molecule has 1 aromatic heterocycles. The first kappa shape index (κ1) is 21.6. The van der Waals surface area contributed by atoms with E-state index in [4.69, 9.17) is 4.52 Å². The molecule has 3 aromatic rings. The molecule has 1 amide bonds. The number of hydrogen-bond donors (Lipinski definition) is 1. The molecule has 1 heterocycles. The molecular weight excluding hydrogens is 411 g/mol. The predicted octanol–water partition coefficient (Wildman–Crippen LogP) is 2.43. The number of amides is 1. The normalized spacial score (nSPS) is 11.6. The molecule has 0 aliphatic rings. The third-order valence-corrected chi connectivity index (χ3v) is 6.38. The predicted molar refractivity (Wildman–Crippen MR) is 107 cm³/mol. The van der Waals surface area contributed by atoms with Crippen LogP contribution in [0, 0.1) is 19.7 Å². The molecular formula is C20H21FN4O4S. The van der Waals surface area contributed by atoms with Crippen molar-refractivity contribution < 1.29 is 22.1 Å². The first-order chi connectivity index (χ1) is 14.2. The molecule has 0 aliphatic heterocycles. The van der Waals surface area contributed by atoms with Crippen molar-refractivity contribution in [2.75, 3.05) is 13.6 Å². The van der Waals surface area contributed by atoms with E-state index >= 15 is 0 Å². The van der Waals surface area contributed by atoms with Crippen LogP contribution in [0.4, 0.5) is 4.39 Å². The minimum absolute atomic E-state index is 0.0521. The molecule has 0 radical (unpaired) electrons. The Labute approximate surface area is 173 Å². The summed E-state index contributed by atoms with van der Waals surface area (Å²) >= 11 is 0. The lowest BCUT2D eigenvalue weighted by Crippen LogP contribution is -2.38. The van der Waals surface area contributed by atoms with Gasteiger partial charge in [0.05, 0.1) is 11.4 Å². The number of aromatic nitrogens is 2. The molecule has 0 saturated heterocycles. The minimum Gasteiger partial charge on any atom is -0.351 e. The van der Waals surface area contributed by atoms with Crippen LogP contribution in [0.5, 0.6) is 0 Å². The van der Waals surface area contributed by atoms with Crippen LogP contribution in [0.15, 0.2) is 51.9 Å². The number of nitrogens with one attached hydrogen (secondary N) is 1. The van der Waals surface area contributed by atoms with Gasteiger partial charge in [0, 0.05) is 26.1 Å². The van der Waals surface area contributed by atoms with Crippen molar-refractivity contribution in [1.82, 2.24) is 19.8 Å². The van der Waals surface area contributed by atoms with Crippen LogP contribution in [0.1, 0.15) is 17.0 Å². The Morgan fingerprint density at radius 3 is 2.50 bits per heavy atom. The summed E-state index contributed by atoms with van der Waals surface area (Å²) in [6.45, 7) is 3.11. The number of nitrogens with zero attached hydrogens (tertiary/aromatic N) is 3. The van der Waals surface area contributed by atoms with Gasteiger partial charge >= 0.3 is 0 Å². The highest BCUT2D eigenvalue weighted by atomic mass is 32.2. The van der Waals surface area contributed by atoms with E-state index in [0.29, 0.717) is 22.6 Å². The third kappa shape index (κ3) is 4.89. The van der Waals surface area contributed by atoms with Gasteiger partial charge in [-0.25, -0.2) is 12.8 Å². The summed E-state index contributed by atoms with van der Waals surface area (Å²) in [7, 11) is -2.61. The number of hydrogen-bond acceptors (Lipinski definition) is 6. The number of sulfonamides is 1. The fraction of sp³-hybridized carbons (Fsp3) is 0.250. The molecule has 30 heavy (non-hydrogen) atoms. The Kier molecular flexibility index (Phi) is 6.28. The average Bonchev–Trinajstić information content (AvgIpc) is 3.14. The summed E-state index contributed by atoms with van der Waals surface area (Å²) in [5.41, 5.74) is 1.72. The molecule has 0 fully saturated rings. The van der Waals surface area contributed by atoms with Crippen LogP contribution in [-0.2, 0) is 21.4 Å². The maximum Gasteiger partial charge on any atom is 0.243 e. The maximum absolute atomic E-state index is 13.0. The van der Waals surface area contributed by atoms with Gasteiger partial charge < -0.3 is 9.84 Å². The summed E-state index contributed by atoms with van der Waals surface area (Å²) in [6.07, 6.45) is 0. The Morgan fingerprint density at radius 2 is 1.87 bits per heavy atom. The molecule has 0 spiro atoms. The molecule has 10 heteroatoms. The van der Waals surface area contributed by atoms with E-state index in [1.54, 1.807) is 38.1 Å². The summed E-state index contributed by atoms with van der Waals surface area (Å²) < 4.78 is 44.9. The van der Waals surface area contributed by atoms with Crippen molar-refractivity contribution in [2.24, 2.45) is 0 Å². The molecule has 0 saturated carbocycles. The lowest BCUT2D eigenvalue weighted by Gasteiger charge is -2.18. The number of halogens is 1. The standard InChI is InChI=1S/C20H21FN4O4S/c1-13-4-7-16(20-23-14(2)29-24-20)10-18(13)30(27,28)25(3)12-19(26)22-11-15-5-8-17(21)9-6-15/h4-10H,11-12H2,1-3H3,(H,22,26). The Bertz CT molecular complexity index is 1160. The smallest absolute Gasteiger partial charge is 0.243 e. The second-order valence-electron chi connectivity index (χ2n) is 6.78. The summed E-state index contributed by atoms with van der Waals surface area (Å²) in [5.74, 6) is -0.203. The monoisotopic (exact) mass is 432 g/mol. The van der Waals surface area contributed by atoms with E-state index in [0.717, 1.165) is 4.31 Å². The van der Waals surface area contributed by atoms with Gasteiger partial charge in [-0.3, -0.25) is 4.79 Å². The molecule has 0 atom stereocenters. The van der Waals surface area contributed by atoms with Crippen LogP contribution in [0.3, 0.4) is 0 Å². The highest BCUT2D eigenvalue weighted by Gasteiger charge is 2.25. The molecule has 2 aromatic carbocycles. The van der Waals surface area contributed by atoms with Gasteiger partial charge in [-0.2, -0.15) is 9.29 Å². The van der Waals surface area contributed by atoms with Gasteiger partial charge in [0.1, 0.15) is 5.82 Å². The zero-order valence-corrected chi connectivity index (χ0v) is 17.5. The number of benzene rings is 2. The first-order valence-corrected chi connectivity index (χ1v) is 10.5. The van der Waals surface area contributed by atoms with Gasteiger partial charge in [0.25, 0.3) is 0 Å². The lowest BCUT2D eigenvalue weighted by atomic mass is 10.1. The quantitative estimate of drug-likeness (QED) is 0.615. The number of carbonyl (C=O) groups is 1. The number of rotatable bonds is 7. The van der Waals surface area contributed by atoms with Crippen molar-refractivity contribution >= 4 is 15.9 Å². The van der Waals surface area contributed by atoms with E-state index in [-0.39, 0.29) is 29.6 Å². The Morgan fingerprint density at radius 1 is 1.17 bits per heavy atom. The fourth-order valence-electron chi connectivity index (χ4n) is 2.75. The molecule has 3 rings (SSSR count). The van der Waals surface area contributed by atoms with Gasteiger partial charge in [-0.05, 0) is 36.2 Å². The van der Waals surface area contributed by atoms with Crippen LogP contribution >= 0.6 is 0 Å². The van der Waals surface area contributed by atoms with Crippen LogP contribution in [-0.4, -0.2) is 42.4 Å². The topological polar surface area (TPSA) is 105 Å². The molecule has 0 unspecified atom stereocenters. The van der Waals surface area contributed by atoms with Crippen molar-refractivity contribution in [3.8, 4) is 11.4 Å². The van der Waals surface area contributed by atoms with Gasteiger partial charge in [0.2, 0.25) is 27.6 Å². The SMILES string of the molecule is Cc1nc(-c2ccc(C)c(S(=O)(=O)N(C)CC(=O)NCc3ccc(F)cc3)c2)no1. The van der Waals surface area contributed by atoms with Crippen molar-refractivity contribution in [3.05, 3.63) is 65.3 Å². The molecule has 8 nitrogen and oxygen atoms in total. The molecule has 158 valence electrons. The fourth-order valence-corrected chi connectivity index (χ4v) is 4.12. The van der Waals surface area contributed by atoms with E-state index < -0.39 is 15.9 Å². The van der Waals surface area contributed by atoms with Crippen molar-refractivity contribution in [1.29, 1.82) is 0 Å². The van der Waals surface area contributed by atoms with Gasteiger partial charge in [0.15, 0.2) is 0 Å². The maximum atomic E-state index is 13.0. The third-order valence-electron chi connectivity index (χ3n) is 4.43. The Hall–Kier alpha value is -3.11. The molecule has 0 aliphatic carbocycles. The minimum atomic E-state index is -3.94. The van der Waals surface area contributed by atoms with Crippen LogP contribution in [0.2, 0.25) is 0 Å². The highest BCUT2D eigenvalue weighted by molar-refractivity contribution is 7.89. The lowest BCUT2D eigenvalue weighted by molar-refractivity contribution is -0.121. The zero-order valence-electron chi connectivity index (χ0n) is 16.7. The zero-order chi connectivity index (χ0) is 21.9. The summed E-state index contributed by atoms with van der Waals surface area (Å²) in [6, 6.07) is 10.5. The average molecular weight is 432 g/mol. The van der Waals surface area contributed by atoms with E-state index in [1.807, 2.05) is 0 Å². The summed E-state index contributed by atoms with van der Waals surface area (Å²) in [4.78, 5) is 16.4. The molecule has 1 N–H and O–H groups in total. The van der Waals surface area contributed by atoms with E-state index in [9.17, 15) is 17.6 Å². The van der Waals surface area contributed by atoms with E-state index in [2.05, 4.69) is 15.5 Å². The largest absolute Gasteiger partial charge is 0.351 e. The number of likely N-dealkylation sites (N-methyl/N-ethyl adjacent to an activating group) is 1. The second-order valence-corrected chi connectivity index (χ2v) is 8.79. The van der Waals surface area contributed by atoms with Gasteiger partial charge in [-0.15, -0.1) is 0 Å². The van der Waals surface area contributed by atoms with Crippen molar-refractivity contribution in [3.63, 3.8) is 0 Å². The number of carbonyl (C=O) groups excluding carboxylic acids is 1. The second kappa shape index (κ2) is 8.72. The summed E-state index contributed by atoms with van der Waals surface area (Å²) in [5, 5.41) is 6.44. The van der Waals surface area contributed by atoms with Gasteiger partial charge in [-0.1, -0.05) is 29.4 Å². The highest BCUT2D eigenvalue weighted by Crippen LogP contribution is 2.25. The Balaban J connectivity index is 1.72. The number of aryl methyl sites for hydroxylation is 2. The molecule has 0 bridgehead atoms. The van der Waals surface area contributed by atoms with Crippen molar-refractivity contribution in [2.45, 2.75) is 25.3 Å². The van der Waals surface area contributed by atoms with Crippen LogP contribution < -0.4 is 5.32 Å². The van der Waals surface area contributed by atoms with E-state index in [1.165, 1.54) is 25.2 Å². The first-order valence-electron chi connectivity index (χ1n) is 9.05.